The normalized spacial score (nSPS) is 16.6. The van der Waals surface area contributed by atoms with Gasteiger partial charge in [-0.15, -0.1) is 0 Å². The van der Waals surface area contributed by atoms with Gasteiger partial charge in [0.05, 0.1) is 6.54 Å². The average molecular weight is 269 g/mol. The molecule has 1 N–H and O–H groups in total. The van der Waals surface area contributed by atoms with Crippen LogP contribution in [0.4, 0.5) is 8.78 Å². The molecule has 0 aliphatic heterocycles. The molecule has 1 atom stereocenters. The van der Waals surface area contributed by atoms with Gasteiger partial charge in [0.25, 0.3) is 0 Å². The standard InChI is InChI=1S/C14H17F2NO2/c1-9(12-5-4-11(15)6-13(12)16)17(8-14(18)19)7-10-2-3-10/h4-6,9-10H,2-3,7-8H2,1H3,(H,18,19). The lowest BCUT2D eigenvalue weighted by atomic mass is 10.1. The molecule has 0 spiro atoms. The lowest BCUT2D eigenvalue weighted by Crippen LogP contribution is -2.34. The van der Waals surface area contributed by atoms with E-state index >= 15 is 0 Å². The molecular formula is C14H17F2NO2. The van der Waals surface area contributed by atoms with E-state index < -0.39 is 17.6 Å². The van der Waals surface area contributed by atoms with E-state index in [4.69, 9.17) is 5.11 Å². The van der Waals surface area contributed by atoms with E-state index in [1.165, 1.54) is 12.1 Å². The van der Waals surface area contributed by atoms with Crippen LogP contribution >= 0.6 is 0 Å². The third-order valence-corrected chi connectivity index (χ3v) is 3.49. The quantitative estimate of drug-likeness (QED) is 0.863. The molecule has 0 heterocycles. The van der Waals surface area contributed by atoms with Crippen LogP contribution in [0, 0.1) is 17.6 Å². The Hall–Kier alpha value is -1.49. The summed E-state index contributed by atoms with van der Waals surface area (Å²) in [6, 6.07) is 3.04. The van der Waals surface area contributed by atoms with E-state index in [2.05, 4.69) is 0 Å². The van der Waals surface area contributed by atoms with Crippen molar-refractivity contribution in [2.75, 3.05) is 13.1 Å². The summed E-state index contributed by atoms with van der Waals surface area (Å²) in [5, 5.41) is 8.93. The van der Waals surface area contributed by atoms with Gasteiger partial charge in [-0.25, -0.2) is 8.78 Å². The molecule has 1 unspecified atom stereocenters. The van der Waals surface area contributed by atoms with Crippen LogP contribution in [-0.2, 0) is 4.79 Å². The first kappa shape index (κ1) is 13.9. The molecular weight excluding hydrogens is 252 g/mol. The summed E-state index contributed by atoms with van der Waals surface area (Å²) in [5.41, 5.74) is 0.336. The van der Waals surface area contributed by atoms with E-state index in [1.807, 2.05) is 0 Å². The molecule has 5 heteroatoms. The van der Waals surface area contributed by atoms with Gasteiger partial charge in [0.15, 0.2) is 0 Å². The van der Waals surface area contributed by atoms with Crippen LogP contribution in [0.5, 0.6) is 0 Å². The zero-order valence-corrected chi connectivity index (χ0v) is 10.8. The lowest BCUT2D eigenvalue weighted by molar-refractivity contribution is -0.139. The first-order valence-electron chi connectivity index (χ1n) is 6.38. The first-order valence-corrected chi connectivity index (χ1v) is 6.38. The highest BCUT2D eigenvalue weighted by Gasteiger charge is 2.29. The number of nitrogens with zero attached hydrogens (tertiary/aromatic N) is 1. The summed E-state index contributed by atoms with van der Waals surface area (Å²) in [6.45, 7) is 2.26. The van der Waals surface area contributed by atoms with E-state index in [-0.39, 0.29) is 12.6 Å². The van der Waals surface area contributed by atoms with Crippen LogP contribution < -0.4 is 0 Å². The molecule has 0 radical (unpaired) electrons. The summed E-state index contributed by atoms with van der Waals surface area (Å²) in [7, 11) is 0. The number of carboxylic acids is 1. The molecule has 3 nitrogen and oxygen atoms in total. The second-order valence-corrected chi connectivity index (χ2v) is 5.11. The molecule has 0 bridgehead atoms. The maximum atomic E-state index is 13.7. The number of carbonyl (C=O) groups is 1. The minimum atomic E-state index is -0.935. The average Bonchev–Trinajstić information content (AvgIpc) is 3.10. The largest absolute Gasteiger partial charge is 0.480 e. The molecule has 0 amide bonds. The minimum Gasteiger partial charge on any atom is -0.480 e. The molecule has 1 saturated carbocycles. The Morgan fingerprint density at radius 2 is 2.16 bits per heavy atom. The number of rotatable bonds is 6. The van der Waals surface area contributed by atoms with Gasteiger partial charge in [-0.1, -0.05) is 6.07 Å². The third-order valence-electron chi connectivity index (χ3n) is 3.49. The number of carboxylic acid groups (broad SMARTS) is 1. The molecule has 0 saturated heterocycles. The summed E-state index contributed by atoms with van der Waals surface area (Å²) in [5.74, 6) is -1.68. The van der Waals surface area contributed by atoms with Crippen LogP contribution in [0.2, 0.25) is 0 Å². The fourth-order valence-electron chi connectivity index (χ4n) is 2.20. The Morgan fingerprint density at radius 3 is 2.68 bits per heavy atom. The lowest BCUT2D eigenvalue weighted by Gasteiger charge is -2.28. The Labute approximate surface area is 110 Å². The van der Waals surface area contributed by atoms with Crippen molar-refractivity contribution >= 4 is 5.97 Å². The van der Waals surface area contributed by atoms with E-state index in [1.54, 1.807) is 11.8 Å². The van der Waals surface area contributed by atoms with Gasteiger partial charge in [-0.2, -0.15) is 0 Å². The van der Waals surface area contributed by atoms with Crippen molar-refractivity contribution in [2.24, 2.45) is 5.92 Å². The van der Waals surface area contributed by atoms with Gasteiger partial charge in [0.2, 0.25) is 0 Å². The van der Waals surface area contributed by atoms with E-state index in [9.17, 15) is 13.6 Å². The Bertz CT molecular complexity index is 475. The fraction of sp³-hybridized carbons (Fsp3) is 0.500. The summed E-state index contributed by atoms with van der Waals surface area (Å²) >= 11 is 0. The topological polar surface area (TPSA) is 40.5 Å². The first-order chi connectivity index (χ1) is 8.97. The molecule has 1 aliphatic rings. The number of benzene rings is 1. The highest BCUT2D eigenvalue weighted by Crippen LogP contribution is 2.33. The summed E-state index contributed by atoms with van der Waals surface area (Å²) in [4.78, 5) is 12.6. The van der Waals surface area contributed by atoms with Gasteiger partial charge < -0.3 is 5.11 Å². The van der Waals surface area contributed by atoms with E-state index in [0.717, 1.165) is 18.9 Å². The Kier molecular flexibility index (Phi) is 4.14. The van der Waals surface area contributed by atoms with E-state index in [0.29, 0.717) is 18.0 Å². The Morgan fingerprint density at radius 1 is 1.47 bits per heavy atom. The molecule has 1 fully saturated rings. The van der Waals surface area contributed by atoms with Crippen LogP contribution in [0.1, 0.15) is 31.4 Å². The van der Waals surface area contributed by atoms with Gasteiger partial charge in [0, 0.05) is 24.2 Å². The molecule has 2 rings (SSSR count). The van der Waals surface area contributed by atoms with Crippen molar-refractivity contribution < 1.29 is 18.7 Å². The maximum Gasteiger partial charge on any atom is 0.317 e. The van der Waals surface area contributed by atoms with Crippen LogP contribution in [0.15, 0.2) is 18.2 Å². The highest BCUT2D eigenvalue weighted by molar-refractivity contribution is 5.69. The number of hydrogen-bond acceptors (Lipinski definition) is 2. The van der Waals surface area contributed by atoms with Crippen LogP contribution in [-0.4, -0.2) is 29.1 Å². The maximum absolute atomic E-state index is 13.7. The van der Waals surface area contributed by atoms with Crippen molar-refractivity contribution in [3.63, 3.8) is 0 Å². The Balaban J connectivity index is 2.16. The minimum absolute atomic E-state index is 0.130. The predicted octanol–water partition coefficient (Wildman–Crippen LogP) is 2.82. The predicted molar refractivity (Wildman–Crippen MR) is 66.7 cm³/mol. The molecule has 19 heavy (non-hydrogen) atoms. The van der Waals surface area contributed by atoms with Gasteiger partial charge in [-0.3, -0.25) is 9.69 Å². The SMILES string of the molecule is CC(c1ccc(F)cc1F)N(CC(=O)O)CC1CC1. The summed E-state index contributed by atoms with van der Waals surface area (Å²) < 4.78 is 26.6. The monoisotopic (exact) mass is 269 g/mol. The fourth-order valence-corrected chi connectivity index (χ4v) is 2.20. The highest BCUT2D eigenvalue weighted by atomic mass is 19.1. The molecule has 104 valence electrons. The van der Waals surface area contributed by atoms with Crippen molar-refractivity contribution in [3.8, 4) is 0 Å². The van der Waals surface area contributed by atoms with Crippen molar-refractivity contribution in [3.05, 3.63) is 35.4 Å². The van der Waals surface area contributed by atoms with Gasteiger partial charge in [0.1, 0.15) is 11.6 Å². The molecule has 1 aromatic carbocycles. The second kappa shape index (κ2) is 5.65. The van der Waals surface area contributed by atoms with Crippen molar-refractivity contribution in [1.82, 2.24) is 4.90 Å². The van der Waals surface area contributed by atoms with Gasteiger partial charge in [-0.05, 0) is 31.7 Å². The number of hydrogen-bond donors (Lipinski definition) is 1. The van der Waals surface area contributed by atoms with Crippen LogP contribution in [0.3, 0.4) is 0 Å². The van der Waals surface area contributed by atoms with Crippen LogP contribution in [0.25, 0.3) is 0 Å². The molecule has 0 aromatic heterocycles. The number of halogens is 2. The smallest absolute Gasteiger partial charge is 0.317 e. The molecule has 1 aliphatic carbocycles. The molecule has 1 aromatic rings. The zero-order chi connectivity index (χ0) is 14.0. The second-order valence-electron chi connectivity index (χ2n) is 5.11. The third kappa shape index (κ3) is 3.73. The van der Waals surface area contributed by atoms with Crippen molar-refractivity contribution in [1.29, 1.82) is 0 Å². The summed E-state index contributed by atoms with van der Waals surface area (Å²) in [6.07, 6.45) is 2.18. The van der Waals surface area contributed by atoms with Gasteiger partial charge >= 0.3 is 5.97 Å². The zero-order valence-electron chi connectivity index (χ0n) is 10.8. The van der Waals surface area contributed by atoms with Crippen molar-refractivity contribution in [2.45, 2.75) is 25.8 Å². The number of aliphatic carboxylic acids is 1.